The Labute approximate surface area is 106 Å². The number of fused-ring (bicyclic) bond motifs is 1. The number of carbonyl (C=O) groups excluding carboxylic acids is 1. The van der Waals surface area contributed by atoms with Crippen LogP contribution < -0.4 is 11.1 Å². The molecule has 2 aliphatic rings. The first-order valence-corrected chi connectivity index (χ1v) is 6.50. The van der Waals surface area contributed by atoms with Gasteiger partial charge in [-0.15, -0.1) is 0 Å². The molecule has 0 bridgehead atoms. The number of rotatable bonds is 6. The summed E-state index contributed by atoms with van der Waals surface area (Å²) < 4.78 is 0. The van der Waals surface area contributed by atoms with Gasteiger partial charge in [-0.25, -0.2) is 0 Å². The summed E-state index contributed by atoms with van der Waals surface area (Å²) in [4.78, 5) is 16.9. The fourth-order valence-corrected chi connectivity index (χ4v) is 3.23. The minimum Gasteiger partial charge on any atom is -0.368 e. The third kappa shape index (κ3) is 2.29. The zero-order valence-corrected chi connectivity index (χ0v) is 10.5. The van der Waals surface area contributed by atoms with Crippen molar-refractivity contribution in [1.82, 2.24) is 10.2 Å². The number of azide groups is 1. The maximum absolute atomic E-state index is 11.8. The molecule has 7 nitrogen and oxygen atoms in total. The standard InChI is InChI=1S/C11H20N6O/c12-10(18)11(14-5-2-6-15-16-13)4-8-17-7-1-3-9(11)17/h9,14H,1-8H2,(H2,12,18). The number of amides is 1. The zero-order valence-electron chi connectivity index (χ0n) is 10.5. The van der Waals surface area contributed by atoms with E-state index in [0.717, 1.165) is 38.8 Å². The van der Waals surface area contributed by atoms with Crippen LogP contribution in [0.25, 0.3) is 10.4 Å². The van der Waals surface area contributed by atoms with E-state index in [9.17, 15) is 4.79 Å². The maximum atomic E-state index is 11.8. The SMILES string of the molecule is [N-]=[N+]=NCCCNC1(C(N)=O)CCN2CCCC21. The van der Waals surface area contributed by atoms with E-state index in [1.165, 1.54) is 0 Å². The summed E-state index contributed by atoms with van der Waals surface area (Å²) in [7, 11) is 0. The Bertz CT molecular complexity index is 367. The Morgan fingerprint density at radius 3 is 3.17 bits per heavy atom. The van der Waals surface area contributed by atoms with Gasteiger partial charge in [0.1, 0.15) is 5.54 Å². The predicted molar refractivity (Wildman–Crippen MR) is 67.8 cm³/mol. The Morgan fingerprint density at radius 2 is 2.44 bits per heavy atom. The normalized spacial score (nSPS) is 31.0. The number of nitrogens with one attached hydrogen (secondary N) is 1. The molecule has 7 heteroatoms. The molecule has 0 saturated carbocycles. The summed E-state index contributed by atoms with van der Waals surface area (Å²) in [6.45, 7) is 3.12. The molecule has 1 amide bonds. The molecule has 0 aliphatic carbocycles. The summed E-state index contributed by atoms with van der Waals surface area (Å²) in [5.41, 5.74) is 13.2. The van der Waals surface area contributed by atoms with E-state index in [2.05, 4.69) is 20.2 Å². The van der Waals surface area contributed by atoms with E-state index in [1.54, 1.807) is 0 Å². The highest BCUT2D eigenvalue weighted by Crippen LogP contribution is 2.35. The lowest BCUT2D eigenvalue weighted by atomic mass is 9.87. The molecule has 0 radical (unpaired) electrons. The predicted octanol–water partition coefficient (Wildman–Crippen LogP) is 0.369. The molecule has 2 atom stereocenters. The monoisotopic (exact) mass is 252 g/mol. The number of hydrogen-bond acceptors (Lipinski definition) is 4. The van der Waals surface area contributed by atoms with E-state index < -0.39 is 5.54 Å². The molecule has 100 valence electrons. The van der Waals surface area contributed by atoms with Crippen LogP contribution in [0.4, 0.5) is 0 Å². The molecular formula is C11H20N6O. The zero-order chi connectivity index (χ0) is 13.0. The van der Waals surface area contributed by atoms with Crippen molar-refractivity contribution in [1.29, 1.82) is 0 Å². The van der Waals surface area contributed by atoms with Gasteiger partial charge in [-0.1, -0.05) is 5.11 Å². The molecule has 18 heavy (non-hydrogen) atoms. The molecule has 0 spiro atoms. The van der Waals surface area contributed by atoms with Gasteiger partial charge in [-0.3, -0.25) is 9.69 Å². The summed E-state index contributed by atoms with van der Waals surface area (Å²) in [5, 5.41) is 6.81. The van der Waals surface area contributed by atoms with Crippen LogP contribution in [-0.2, 0) is 4.79 Å². The van der Waals surface area contributed by atoms with Crippen LogP contribution in [0.5, 0.6) is 0 Å². The molecule has 2 fully saturated rings. The first-order chi connectivity index (χ1) is 8.70. The fourth-order valence-electron chi connectivity index (χ4n) is 3.23. The minimum absolute atomic E-state index is 0.245. The number of carbonyl (C=O) groups is 1. The Hall–Kier alpha value is -1.30. The summed E-state index contributed by atoms with van der Waals surface area (Å²) >= 11 is 0. The first-order valence-electron chi connectivity index (χ1n) is 6.50. The van der Waals surface area contributed by atoms with Gasteiger partial charge < -0.3 is 11.1 Å². The second kappa shape index (κ2) is 5.56. The van der Waals surface area contributed by atoms with Gasteiger partial charge in [-0.2, -0.15) is 0 Å². The molecule has 2 saturated heterocycles. The van der Waals surface area contributed by atoms with Crippen LogP contribution in [0, 0.1) is 0 Å². The average Bonchev–Trinajstić information content (AvgIpc) is 2.92. The highest BCUT2D eigenvalue weighted by Gasteiger charge is 2.52. The van der Waals surface area contributed by atoms with Crippen molar-refractivity contribution < 1.29 is 4.79 Å². The molecule has 0 aromatic carbocycles. The summed E-state index contributed by atoms with van der Waals surface area (Å²) in [6, 6.07) is 0.245. The van der Waals surface area contributed by atoms with Gasteiger partial charge in [0.25, 0.3) is 0 Å². The van der Waals surface area contributed by atoms with Crippen LogP contribution in [0.2, 0.25) is 0 Å². The topological polar surface area (TPSA) is 107 Å². The Kier molecular flexibility index (Phi) is 4.06. The van der Waals surface area contributed by atoms with Gasteiger partial charge >= 0.3 is 0 Å². The van der Waals surface area contributed by atoms with Crippen molar-refractivity contribution in [2.75, 3.05) is 26.2 Å². The fraction of sp³-hybridized carbons (Fsp3) is 0.909. The molecule has 2 aliphatic heterocycles. The lowest BCUT2D eigenvalue weighted by Gasteiger charge is -2.33. The molecule has 2 rings (SSSR count). The highest BCUT2D eigenvalue weighted by molar-refractivity contribution is 5.86. The van der Waals surface area contributed by atoms with Gasteiger partial charge in [0.05, 0.1) is 0 Å². The first kappa shape index (κ1) is 13.1. The van der Waals surface area contributed by atoms with Gasteiger partial charge in [0.2, 0.25) is 5.91 Å². The third-order valence-electron chi connectivity index (χ3n) is 4.10. The maximum Gasteiger partial charge on any atom is 0.239 e. The summed E-state index contributed by atoms with van der Waals surface area (Å²) in [6.07, 6.45) is 3.69. The molecule has 0 aromatic rings. The minimum atomic E-state index is -0.577. The van der Waals surface area contributed by atoms with Crippen LogP contribution >= 0.6 is 0 Å². The van der Waals surface area contributed by atoms with Crippen LogP contribution in [-0.4, -0.2) is 48.6 Å². The lowest BCUT2D eigenvalue weighted by molar-refractivity contribution is -0.125. The molecular weight excluding hydrogens is 232 g/mol. The van der Waals surface area contributed by atoms with E-state index in [-0.39, 0.29) is 11.9 Å². The number of nitrogens with two attached hydrogens (primary N) is 1. The molecule has 2 unspecified atom stereocenters. The van der Waals surface area contributed by atoms with Gasteiger partial charge in [0.15, 0.2) is 0 Å². The van der Waals surface area contributed by atoms with E-state index in [1.807, 2.05) is 0 Å². The van der Waals surface area contributed by atoms with Crippen molar-refractivity contribution in [2.45, 2.75) is 37.3 Å². The lowest BCUT2D eigenvalue weighted by Crippen LogP contribution is -2.61. The third-order valence-corrected chi connectivity index (χ3v) is 4.10. The number of nitrogens with zero attached hydrogens (tertiary/aromatic N) is 4. The van der Waals surface area contributed by atoms with Crippen LogP contribution in [0.15, 0.2) is 5.11 Å². The van der Waals surface area contributed by atoms with Crippen molar-refractivity contribution in [3.63, 3.8) is 0 Å². The molecule has 0 aromatic heterocycles. The largest absolute Gasteiger partial charge is 0.368 e. The number of primary amides is 1. The van der Waals surface area contributed by atoms with E-state index in [0.29, 0.717) is 13.1 Å². The summed E-state index contributed by atoms with van der Waals surface area (Å²) in [5.74, 6) is -0.249. The molecule has 3 N–H and O–H groups in total. The van der Waals surface area contributed by atoms with Crippen molar-refractivity contribution in [3.05, 3.63) is 10.4 Å². The Morgan fingerprint density at radius 1 is 1.61 bits per heavy atom. The van der Waals surface area contributed by atoms with Crippen molar-refractivity contribution >= 4 is 5.91 Å². The Balaban J connectivity index is 1.95. The second-order valence-corrected chi connectivity index (χ2v) is 5.01. The quantitative estimate of drug-likeness (QED) is 0.308. The van der Waals surface area contributed by atoms with Crippen LogP contribution in [0.1, 0.15) is 25.7 Å². The smallest absolute Gasteiger partial charge is 0.239 e. The van der Waals surface area contributed by atoms with E-state index in [4.69, 9.17) is 11.3 Å². The number of hydrogen-bond donors (Lipinski definition) is 2. The van der Waals surface area contributed by atoms with Crippen molar-refractivity contribution in [3.8, 4) is 0 Å². The van der Waals surface area contributed by atoms with Crippen molar-refractivity contribution in [2.24, 2.45) is 10.8 Å². The second-order valence-electron chi connectivity index (χ2n) is 5.01. The van der Waals surface area contributed by atoms with Gasteiger partial charge in [0, 0.05) is 24.0 Å². The highest BCUT2D eigenvalue weighted by atomic mass is 16.1. The van der Waals surface area contributed by atoms with Gasteiger partial charge in [-0.05, 0) is 44.3 Å². The van der Waals surface area contributed by atoms with Crippen LogP contribution in [0.3, 0.4) is 0 Å². The molecule has 2 heterocycles. The average molecular weight is 252 g/mol. The van der Waals surface area contributed by atoms with E-state index >= 15 is 0 Å².